The molecule has 1 fully saturated rings. The van der Waals surface area contributed by atoms with E-state index in [4.69, 9.17) is 9.47 Å². The normalized spacial score (nSPS) is 16.4. The number of hydrogen-bond acceptors (Lipinski definition) is 4. The molecule has 1 aliphatic rings. The Labute approximate surface area is 158 Å². The van der Waals surface area contributed by atoms with Crippen LogP contribution in [0.5, 0.6) is 11.5 Å². The lowest BCUT2D eigenvalue weighted by Crippen LogP contribution is -2.34. The Bertz CT molecular complexity index is 781. The van der Waals surface area contributed by atoms with Crippen molar-refractivity contribution in [3.05, 3.63) is 53.6 Å². The molecule has 0 spiro atoms. The van der Waals surface area contributed by atoms with Gasteiger partial charge in [-0.2, -0.15) is 0 Å². The third-order valence-electron chi connectivity index (χ3n) is 4.44. The lowest BCUT2D eigenvalue weighted by molar-refractivity contribution is 0.213. The number of rotatable bonds is 5. The fraction of sp³-hybridized carbons (Fsp3) is 0.350. The number of carbonyl (C=O) groups is 1. The minimum absolute atomic E-state index is 0.0990. The zero-order valence-electron chi connectivity index (χ0n) is 15.3. The number of anilines is 1. The predicted octanol–water partition coefficient (Wildman–Crippen LogP) is 4.55. The molecule has 1 atom stereocenters. The highest BCUT2D eigenvalue weighted by Gasteiger charge is 2.33. The molecule has 1 heterocycles. The van der Waals surface area contributed by atoms with Crippen LogP contribution in [-0.4, -0.2) is 37.4 Å². The second kappa shape index (κ2) is 8.36. The first-order valence-electron chi connectivity index (χ1n) is 8.67. The molecule has 26 heavy (non-hydrogen) atoms. The number of methoxy groups -OCH3 is 2. The van der Waals surface area contributed by atoms with Gasteiger partial charge in [-0.05, 0) is 30.2 Å². The molecule has 2 aromatic carbocycles. The van der Waals surface area contributed by atoms with Crippen LogP contribution in [-0.2, 0) is 6.42 Å². The van der Waals surface area contributed by atoms with Crippen molar-refractivity contribution in [3.8, 4) is 11.5 Å². The molecule has 6 heteroatoms. The summed E-state index contributed by atoms with van der Waals surface area (Å²) in [6.07, 6.45) is 0.937. The van der Waals surface area contributed by atoms with Gasteiger partial charge in [0.05, 0.1) is 14.2 Å². The number of aryl methyl sites for hydroxylation is 1. The van der Waals surface area contributed by atoms with Crippen LogP contribution in [0.15, 0.2) is 42.5 Å². The van der Waals surface area contributed by atoms with Gasteiger partial charge in [0, 0.05) is 23.5 Å². The van der Waals surface area contributed by atoms with Gasteiger partial charge in [0.2, 0.25) is 0 Å². The van der Waals surface area contributed by atoms with E-state index in [2.05, 4.69) is 18.3 Å². The maximum Gasteiger partial charge on any atom is 0.323 e. The highest BCUT2D eigenvalue weighted by atomic mass is 32.2. The topological polar surface area (TPSA) is 50.8 Å². The third-order valence-corrected chi connectivity index (χ3v) is 5.68. The summed E-state index contributed by atoms with van der Waals surface area (Å²) in [5.74, 6) is 2.24. The van der Waals surface area contributed by atoms with E-state index in [1.165, 1.54) is 5.56 Å². The molecule has 0 radical (unpaired) electrons. The average Bonchev–Trinajstić information content (AvgIpc) is 3.17. The Hall–Kier alpha value is -2.34. The second-order valence-corrected chi connectivity index (χ2v) is 7.17. The molecule has 5 nitrogen and oxygen atoms in total. The Morgan fingerprint density at radius 2 is 2.04 bits per heavy atom. The van der Waals surface area contributed by atoms with Gasteiger partial charge in [-0.1, -0.05) is 31.2 Å². The average molecular weight is 372 g/mol. The molecule has 138 valence electrons. The fourth-order valence-corrected chi connectivity index (χ4v) is 4.38. The molecule has 0 bridgehead atoms. The maximum absolute atomic E-state index is 12.9. The number of benzene rings is 2. The zero-order chi connectivity index (χ0) is 18.5. The summed E-state index contributed by atoms with van der Waals surface area (Å²) in [5.41, 5.74) is 2.97. The fourth-order valence-electron chi connectivity index (χ4n) is 3.11. The Kier molecular flexibility index (Phi) is 5.93. The van der Waals surface area contributed by atoms with E-state index >= 15 is 0 Å². The molecule has 2 amide bonds. The van der Waals surface area contributed by atoms with E-state index in [1.807, 2.05) is 41.3 Å². The summed E-state index contributed by atoms with van der Waals surface area (Å²) in [6.45, 7) is 2.79. The summed E-state index contributed by atoms with van der Waals surface area (Å²) in [6, 6.07) is 13.6. The summed E-state index contributed by atoms with van der Waals surface area (Å²) in [4.78, 5) is 14.7. The molecule has 1 saturated heterocycles. The monoisotopic (exact) mass is 372 g/mol. The van der Waals surface area contributed by atoms with Gasteiger partial charge in [0.1, 0.15) is 5.37 Å². The molecular weight excluding hydrogens is 348 g/mol. The highest BCUT2D eigenvalue weighted by Crippen LogP contribution is 2.45. The number of nitrogens with one attached hydrogen (secondary N) is 1. The maximum atomic E-state index is 12.9. The van der Waals surface area contributed by atoms with Crippen molar-refractivity contribution in [3.63, 3.8) is 0 Å². The van der Waals surface area contributed by atoms with Gasteiger partial charge in [-0.25, -0.2) is 4.79 Å². The third kappa shape index (κ3) is 3.75. The van der Waals surface area contributed by atoms with Crippen LogP contribution in [0.2, 0.25) is 0 Å². The molecular formula is C20H24N2O3S. The molecule has 0 aliphatic carbocycles. The zero-order valence-corrected chi connectivity index (χ0v) is 16.1. The number of carbonyl (C=O) groups excluding carboxylic acids is 1. The smallest absolute Gasteiger partial charge is 0.323 e. The van der Waals surface area contributed by atoms with Gasteiger partial charge in [-0.15, -0.1) is 11.8 Å². The summed E-state index contributed by atoms with van der Waals surface area (Å²) >= 11 is 1.73. The van der Waals surface area contributed by atoms with Crippen molar-refractivity contribution < 1.29 is 14.3 Å². The summed E-state index contributed by atoms with van der Waals surface area (Å²) in [7, 11) is 3.25. The number of urea groups is 1. The van der Waals surface area contributed by atoms with Gasteiger partial charge in [-0.3, -0.25) is 0 Å². The van der Waals surface area contributed by atoms with Gasteiger partial charge >= 0.3 is 6.03 Å². The number of ether oxygens (including phenoxy) is 2. The van der Waals surface area contributed by atoms with Crippen LogP contribution >= 0.6 is 11.8 Å². The van der Waals surface area contributed by atoms with Crippen LogP contribution in [0.3, 0.4) is 0 Å². The molecule has 2 aromatic rings. The first-order chi connectivity index (χ1) is 12.7. The molecule has 1 N–H and O–H groups in total. The molecule has 0 saturated carbocycles. The van der Waals surface area contributed by atoms with Gasteiger partial charge in [0.15, 0.2) is 11.5 Å². The number of nitrogens with zero attached hydrogens (tertiary/aromatic N) is 1. The molecule has 0 unspecified atom stereocenters. The Morgan fingerprint density at radius 1 is 1.23 bits per heavy atom. The molecule has 0 aromatic heterocycles. The number of para-hydroxylation sites is 1. The quantitative estimate of drug-likeness (QED) is 0.837. The summed E-state index contributed by atoms with van der Waals surface area (Å²) in [5, 5.41) is 2.92. The number of hydrogen-bond donors (Lipinski definition) is 1. The van der Waals surface area contributed by atoms with E-state index in [9.17, 15) is 4.79 Å². The molecule has 1 aliphatic heterocycles. The van der Waals surface area contributed by atoms with Crippen LogP contribution in [0.25, 0.3) is 0 Å². The minimum atomic E-state index is -0.102. The summed E-state index contributed by atoms with van der Waals surface area (Å²) < 4.78 is 11.0. The number of thioether (sulfide) groups is 1. The van der Waals surface area contributed by atoms with E-state index in [0.29, 0.717) is 18.0 Å². The van der Waals surface area contributed by atoms with E-state index in [0.717, 1.165) is 23.4 Å². The molecule has 3 rings (SSSR count). The van der Waals surface area contributed by atoms with E-state index in [-0.39, 0.29) is 11.4 Å². The van der Waals surface area contributed by atoms with Crippen molar-refractivity contribution in [1.82, 2.24) is 4.90 Å². The van der Waals surface area contributed by atoms with Crippen molar-refractivity contribution in [2.24, 2.45) is 0 Å². The highest BCUT2D eigenvalue weighted by molar-refractivity contribution is 7.99. The SMILES string of the molecule is CCc1cccc(NC(=O)N2CCS[C@H]2c2cccc(OC)c2OC)c1. The van der Waals surface area contributed by atoms with Crippen molar-refractivity contribution in [2.75, 3.05) is 31.8 Å². The Morgan fingerprint density at radius 3 is 2.77 bits per heavy atom. The largest absolute Gasteiger partial charge is 0.493 e. The van der Waals surface area contributed by atoms with Crippen molar-refractivity contribution in [2.45, 2.75) is 18.7 Å². The van der Waals surface area contributed by atoms with E-state index in [1.54, 1.807) is 26.0 Å². The number of amides is 2. The lowest BCUT2D eigenvalue weighted by Gasteiger charge is -2.26. The van der Waals surface area contributed by atoms with Crippen molar-refractivity contribution in [1.29, 1.82) is 0 Å². The van der Waals surface area contributed by atoms with Crippen LogP contribution in [0.4, 0.5) is 10.5 Å². The van der Waals surface area contributed by atoms with Crippen LogP contribution < -0.4 is 14.8 Å². The van der Waals surface area contributed by atoms with Crippen molar-refractivity contribution >= 4 is 23.5 Å². The first-order valence-corrected chi connectivity index (χ1v) is 9.71. The van der Waals surface area contributed by atoms with Crippen LogP contribution in [0.1, 0.15) is 23.4 Å². The Balaban J connectivity index is 1.83. The lowest BCUT2D eigenvalue weighted by atomic mass is 10.1. The van der Waals surface area contributed by atoms with Gasteiger partial charge < -0.3 is 19.7 Å². The van der Waals surface area contributed by atoms with Gasteiger partial charge in [0.25, 0.3) is 0 Å². The standard InChI is InChI=1S/C20H24N2O3S/c1-4-14-7-5-8-15(13-14)21-20(23)22-11-12-26-19(22)16-9-6-10-17(24-2)18(16)25-3/h5-10,13,19H,4,11-12H2,1-3H3,(H,21,23)/t19-/m0/s1. The van der Waals surface area contributed by atoms with Crippen LogP contribution in [0, 0.1) is 0 Å². The second-order valence-electron chi connectivity index (χ2n) is 5.98. The predicted molar refractivity (Wildman–Crippen MR) is 106 cm³/mol. The minimum Gasteiger partial charge on any atom is -0.493 e. The van der Waals surface area contributed by atoms with E-state index < -0.39 is 0 Å². The first kappa shape index (κ1) is 18.5.